The Bertz CT molecular complexity index is 329. The van der Waals surface area contributed by atoms with Crippen LogP contribution in [-0.4, -0.2) is 7.28 Å². The Hall–Kier alpha value is -0.975. The minimum absolute atomic E-state index is 1.21. The zero-order valence-electron chi connectivity index (χ0n) is 8.92. The highest BCUT2D eigenvalue weighted by Crippen LogP contribution is 2.28. The van der Waals surface area contributed by atoms with E-state index >= 15 is 0 Å². The number of rotatable bonds is 2. The molecule has 0 fully saturated rings. The van der Waals surface area contributed by atoms with Crippen molar-refractivity contribution in [1.82, 2.24) is 0 Å². The molecule has 2 rings (SSSR count). The van der Waals surface area contributed by atoms with Crippen LogP contribution in [0.1, 0.15) is 25.7 Å². The third-order valence-corrected chi connectivity index (χ3v) is 3.12. The van der Waals surface area contributed by atoms with Crippen LogP contribution in [0.2, 0.25) is 6.82 Å². The van der Waals surface area contributed by atoms with E-state index in [2.05, 4.69) is 37.2 Å². The lowest BCUT2D eigenvalue weighted by molar-refractivity contribution is 0.890. The lowest BCUT2D eigenvalue weighted by Crippen LogP contribution is -2.01. The number of hydrogen-bond acceptors (Lipinski definition) is 0. The zero-order valence-corrected chi connectivity index (χ0v) is 8.92. The predicted molar refractivity (Wildman–Crippen MR) is 64.9 cm³/mol. The summed E-state index contributed by atoms with van der Waals surface area (Å²) >= 11 is 0. The van der Waals surface area contributed by atoms with Gasteiger partial charge in [-0.15, -0.1) is 5.47 Å². The second-order valence-corrected chi connectivity index (χ2v) is 4.03. The molecule has 0 spiro atoms. The molecule has 72 valence electrons. The van der Waals surface area contributed by atoms with E-state index < -0.39 is 0 Å². The summed E-state index contributed by atoms with van der Waals surface area (Å²) in [6, 6.07) is 0. The van der Waals surface area contributed by atoms with Crippen molar-refractivity contribution in [3.8, 4) is 0 Å². The minimum atomic E-state index is 1.21. The van der Waals surface area contributed by atoms with Crippen molar-refractivity contribution in [3.63, 3.8) is 0 Å². The maximum atomic E-state index is 2.33. The Labute approximate surface area is 87.3 Å². The summed E-state index contributed by atoms with van der Waals surface area (Å²) in [5.74, 6) is 0. The van der Waals surface area contributed by atoms with Gasteiger partial charge >= 0.3 is 0 Å². The molecule has 14 heavy (non-hydrogen) atoms. The van der Waals surface area contributed by atoms with Crippen molar-refractivity contribution in [3.05, 3.63) is 47.0 Å². The second-order valence-electron chi connectivity index (χ2n) is 4.03. The maximum Gasteiger partial charge on any atom is 0.149 e. The first-order chi connectivity index (χ1) is 6.90. The SMILES string of the molecule is CBC1=CC=C(C2=CC=CCC2)CC1. The lowest BCUT2D eigenvalue weighted by Gasteiger charge is -2.17. The molecule has 0 saturated carbocycles. The van der Waals surface area contributed by atoms with Gasteiger partial charge in [-0.1, -0.05) is 37.2 Å². The van der Waals surface area contributed by atoms with Gasteiger partial charge in [-0.25, -0.2) is 0 Å². The van der Waals surface area contributed by atoms with Crippen molar-refractivity contribution in [2.75, 3.05) is 0 Å². The van der Waals surface area contributed by atoms with Gasteiger partial charge < -0.3 is 0 Å². The summed E-state index contributed by atoms with van der Waals surface area (Å²) in [7, 11) is 1.21. The normalized spacial score (nSPS) is 21.1. The van der Waals surface area contributed by atoms with E-state index in [4.69, 9.17) is 0 Å². The van der Waals surface area contributed by atoms with Crippen LogP contribution < -0.4 is 0 Å². The average molecular weight is 184 g/mol. The zero-order chi connectivity index (χ0) is 9.80. The molecule has 0 heterocycles. The Morgan fingerprint density at radius 2 is 1.86 bits per heavy atom. The van der Waals surface area contributed by atoms with Gasteiger partial charge in [-0.05, 0) is 36.8 Å². The highest BCUT2D eigenvalue weighted by Gasteiger charge is 2.09. The molecule has 0 aromatic rings. The molecule has 0 amide bonds. The first-order valence-electron chi connectivity index (χ1n) is 5.65. The van der Waals surface area contributed by atoms with Gasteiger partial charge in [0.25, 0.3) is 0 Å². The van der Waals surface area contributed by atoms with Gasteiger partial charge in [0.15, 0.2) is 0 Å². The highest BCUT2D eigenvalue weighted by molar-refractivity contribution is 6.43. The largest absolute Gasteiger partial charge is 0.149 e. The van der Waals surface area contributed by atoms with E-state index in [1.54, 1.807) is 16.6 Å². The molecule has 2 aliphatic carbocycles. The topological polar surface area (TPSA) is 0 Å². The van der Waals surface area contributed by atoms with Crippen LogP contribution in [0.5, 0.6) is 0 Å². The van der Waals surface area contributed by atoms with Crippen molar-refractivity contribution in [2.24, 2.45) is 0 Å². The summed E-state index contributed by atoms with van der Waals surface area (Å²) in [4.78, 5) is 0. The third kappa shape index (κ3) is 2.09. The molecule has 2 aliphatic rings. The van der Waals surface area contributed by atoms with Crippen molar-refractivity contribution >= 4 is 7.28 Å². The summed E-state index contributed by atoms with van der Waals surface area (Å²) in [5, 5.41) is 0. The Morgan fingerprint density at radius 1 is 1.00 bits per heavy atom. The fourth-order valence-corrected chi connectivity index (χ4v) is 2.11. The van der Waals surface area contributed by atoms with Crippen LogP contribution in [0.4, 0.5) is 0 Å². The van der Waals surface area contributed by atoms with E-state index in [9.17, 15) is 0 Å². The summed E-state index contributed by atoms with van der Waals surface area (Å²) in [6.45, 7) is 2.24. The van der Waals surface area contributed by atoms with Crippen LogP contribution in [0.3, 0.4) is 0 Å². The van der Waals surface area contributed by atoms with Crippen molar-refractivity contribution in [2.45, 2.75) is 32.5 Å². The fourth-order valence-electron chi connectivity index (χ4n) is 2.11. The number of hydrogen-bond donors (Lipinski definition) is 0. The van der Waals surface area contributed by atoms with Crippen LogP contribution in [0, 0.1) is 0 Å². The predicted octanol–water partition coefficient (Wildman–Crippen LogP) is 3.35. The molecule has 0 N–H and O–H groups in total. The van der Waals surface area contributed by atoms with Crippen molar-refractivity contribution in [1.29, 1.82) is 0 Å². The van der Waals surface area contributed by atoms with Crippen LogP contribution >= 0.6 is 0 Å². The molecular weight excluding hydrogens is 167 g/mol. The molecule has 0 bridgehead atoms. The molecule has 0 atom stereocenters. The quantitative estimate of drug-likeness (QED) is 0.577. The molecule has 0 aliphatic heterocycles. The summed E-state index contributed by atoms with van der Waals surface area (Å²) in [6.07, 6.45) is 16.3. The first kappa shape index (κ1) is 9.58. The Balaban J connectivity index is 2.13. The first-order valence-corrected chi connectivity index (χ1v) is 5.65. The van der Waals surface area contributed by atoms with E-state index in [0.717, 1.165) is 0 Å². The molecule has 0 aromatic heterocycles. The average Bonchev–Trinajstić information content (AvgIpc) is 2.30. The molecular formula is C13H17B. The van der Waals surface area contributed by atoms with Gasteiger partial charge in [0.1, 0.15) is 7.28 Å². The standard InChI is InChI=1S/C13H17B/c1-14-13-9-7-12(8-10-13)11-5-3-2-4-6-11/h2-3,5,7,9,14H,4,6,8,10H2,1H3. The number of allylic oxidation sites excluding steroid dienone is 8. The minimum Gasteiger partial charge on any atom is -0.105 e. The molecule has 0 saturated heterocycles. The van der Waals surface area contributed by atoms with E-state index in [1.807, 2.05) is 0 Å². The van der Waals surface area contributed by atoms with Crippen LogP contribution in [0.25, 0.3) is 0 Å². The molecule has 1 heteroatoms. The van der Waals surface area contributed by atoms with Gasteiger partial charge in [0, 0.05) is 0 Å². The van der Waals surface area contributed by atoms with Crippen LogP contribution in [0.15, 0.2) is 47.0 Å². The summed E-state index contributed by atoms with van der Waals surface area (Å²) in [5.41, 5.74) is 4.71. The molecule has 0 unspecified atom stereocenters. The highest BCUT2D eigenvalue weighted by atomic mass is 14.1. The summed E-state index contributed by atoms with van der Waals surface area (Å²) < 4.78 is 0. The second kappa shape index (κ2) is 4.50. The van der Waals surface area contributed by atoms with E-state index in [1.165, 1.54) is 33.0 Å². The Kier molecular flexibility index (Phi) is 3.08. The smallest absolute Gasteiger partial charge is 0.105 e. The molecule has 0 radical (unpaired) electrons. The molecule has 0 nitrogen and oxygen atoms in total. The van der Waals surface area contributed by atoms with Crippen LogP contribution in [-0.2, 0) is 0 Å². The monoisotopic (exact) mass is 184 g/mol. The third-order valence-electron chi connectivity index (χ3n) is 3.12. The lowest BCUT2D eigenvalue weighted by atomic mass is 9.68. The maximum absolute atomic E-state index is 2.33. The van der Waals surface area contributed by atoms with E-state index in [0.29, 0.717) is 0 Å². The van der Waals surface area contributed by atoms with Gasteiger partial charge in [-0.3, -0.25) is 0 Å². The van der Waals surface area contributed by atoms with Gasteiger partial charge in [-0.2, -0.15) is 0 Å². The fraction of sp³-hybridized carbons (Fsp3) is 0.385. The molecule has 0 aromatic carbocycles. The van der Waals surface area contributed by atoms with E-state index in [-0.39, 0.29) is 0 Å². The van der Waals surface area contributed by atoms with Gasteiger partial charge in [0.05, 0.1) is 0 Å². The van der Waals surface area contributed by atoms with Crippen molar-refractivity contribution < 1.29 is 0 Å². The van der Waals surface area contributed by atoms with Gasteiger partial charge in [0.2, 0.25) is 0 Å². The Morgan fingerprint density at radius 3 is 2.43 bits per heavy atom.